The Bertz CT molecular complexity index is 312. The first-order valence-electron chi connectivity index (χ1n) is 7.09. The fourth-order valence-corrected chi connectivity index (χ4v) is 3.01. The Balaban J connectivity index is 1.88. The van der Waals surface area contributed by atoms with Crippen molar-refractivity contribution in [2.75, 3.05) is 13.2 Å². The van der Waals surface area contributed by atoms with Gasteiger partial charge in [0, 0.05) is 25.0 Å². The Labute approximate surface area is 109 Å². The average molecular weight is 255 g/mol. The molecular formula is C14H25NO3. The number of amides is 1. The molecule has 1 saturated heterocycles. The average Bonchev–Trinajstić information content (AvgIpc) is 2.68. The monoisotopic (exact) mass is 255 g/mol. The summed E-state index contributed by atoms with van der Waals surface area (Å²) >= 11 is 0. The van der Waals surface area contributed by atoms with E-state index in [-0.39, 0.29) is 17.4 Å². The van der Waals surface area contributed by atoms with Crippen molar-refractivity contribution in [1.29, 1.82) is 0 Å². The molecule has 2 N–H and O–H groups in total. The summed E-state index contributed by atoms with van der Waals surface area (Å²) in [6.45, 7) is 4.79. The predicted octanol–water partition coefficient (Wildman–Crippen LogP) is 1.61. The van der Waals surface area contributed by atoms with Crippen LogP contribution in [0, 0.1) is 5.41 Å². The van der Waals surface area contributed by atoms with E-state index in [1.165, 1.54) is 6.42 Å². The van der Waals surface area contributed by atoms with Crippen molar-refractivity contribution in [2.24, 2.45) is 5.41 Å². The highest BCUT2D eigenvalue weighted by atomic mass is 16.5. The number of carbonyl (C=O) groups excluding carboxylic acids is 1. The van der Waals surface area contributed by atoms with Gasteiger partial charge in [-0.2, -0.15) is 0 Å². The first kappa shape index (κ1) is 13.8. The molecule has 0 aromatic carbocycles. The van der Waals surface area contributed by atoms with E-state index in [2.05, 4.69) is 5.32 Å². The Morgan fingerprint density at radius 1 is 1.33 bits per heavy atom. The number of carbonyl (C=O) groups is 1. The molecule has 2 aliphatic rings. The van der Waals surface area contributed by atoms with Crippen LogP contribution in [0.1, 0.15) is 52.4 Å². The molecule has 104 valence electrons. The molecule has 2 unspecified atom stereocenters. The van der Waals surface area contributed by atoms with Gasteiger partial charge in [-0.05, 0) is 19.8 Å². The molecule has 18 heavy (non-hydrogen) atoms. The Hall–Kier alpha value is -0.610. The normalized spacial score (nSPS) is 35.4. The van der Waals surface area contributed by atoms with Crippen molar-refractivity contribution in [3.8, 4) is 0 Å². The molecule has 0 radical (unpaired) electrons. The fraction of sp³-hybridized carbons (Fsp3) is 0.929. The predicted molar refractivity (Wildman–Crippen MR) is 69.2 cm³/mol. The van der Waals surface area contributed by atoms with E-state index in [0.29, 0.717) is 19.6 Å². The lowest BCUT2D eigenvalue weighted by Gasteiger charge is -2.34. The summed E-state index contributed by atoms with van der Waals surface area (Å²) < 4.78 is 5.37. The summed E-state index contributed by atoms with van der Waals surface area (Å²) in [5, 5.41) is 13.3. The largest absolute Gasteiger partial charge is 0.385 e. The minimum absolute atomic E-state index is 0.0923. The topological polar surface area (TPSA) is 58.6 Å². The van der Waals surface area contributed by atoms with Crippen LogP contribution in [0.5, 0.6) is 0 Å². The number of ether oxygens (including phenoxy) is 1. The maximum absolute atomic E-state index is 12.3. The number of rotatable bonds is 3. The minimum Gasteiger partial charge on any atom is -0.385 e. The van der Waals surface area contributed by atoms with Crippen molar-refractivity contribution < 1.29 is 14.6 Å². The molecule has 0 aromatic rings. The van der Waals surface area contributed by atoms with Crippen molar-refractivity contribution in [3.63, 3.8) is 0 Å². The van der Waals surface area contributed by atoms with E-state index in [9.17, 15) is 9.90 Å². The summed E-state index contributed by atoms with van der Waals surface area (Å²) in [5.74, 6) is 0.0923. The second-order valence-corrected chi connectivity index (χ2v) is 6.17. The zero-order chi connectivity index (χ0) is 13.2. The molecule has 0 bridgehead atoms. The van der Waals surface area contributed by atoms with Gasteiger partial charge in [-0.1, -0.05) is 26.2 Å². The minimum atomic E-state index is -0.888. The standard InChI is InChI=1S/C14H25NO3/c1-11-14(17,8-9-18-11)10-15-12(16)13(2)6-4-3-5-7-13/h11,17H,3-10H2,1-2H3,(H,15,16). The molecule has 0 spiro atoms. The van der Waals surface area contributed by atoms with E-state index < -0.39 is 5.60 Å². The Morgan fingerprint density at radius 3 is 2.56 bits per heavy atom. The highest BCUT2D eigenvalue weighted by molar-refractivity contribution is 5.82. The summed E-state index contributed by atoms with van der Waals surface area (Å²) in [7, 11) is 0. The van der Waals surface area contributed by atoms with E-state index in [4.69, 9.17) is 4.74 Å². The van der Waals surface area contributed by atoms with Gasteiger partial charge in [0.05, 0.1) is 6.10 Å². The summed E-state index contributed by atoms with van der Waals surface area (Å²) in [4.78, 5) is 12.3. The van der Waals surface area contributed by atoms with E-state index in [1.807, 2.05) is 13.8 Å². The van der Waals surface area contributed by atoms with Crippen molar-refractivity contribution in [2.45, 2.75) is 64.1 Å². The SMILES string of the molecule is CC1OCCC1(O)CNC(=O)C1(C)CCCCC1. The van der Waals surface area contributed by atoms with Crippen LogP contribution in [0.25, 0.3) is 0 Å². The smallest absolute Gasteiger partial charge is 0.226 e. The van der Waals surface area contributed by atoms with Crippen molar-refractivity contribution in [3.05, 3.63) is 0 Å². The van der Waals surface area contributed by atoms with Gasteiger partial charge in [-0.15, -0.1) is 0 Å². The molecular weight excluding hydrogens is 230 g/mol. The lowest BCUT2D eigenvalue weighted by molar-refractivity contribution is -0.133. The molecule has 2 fully saturated rings. The molecule has 1 heterocycles. The third-order valence-electron chi connectivity index (χ3n) is 4.72. The van der Waals surface area contributed by atoms with Crippen LogP contribution in [0.4, 0.5) is 0 Å². The van der Waals surface area contributed by atoms with Crippen molar-refractivity contribution in [1.82, 2.24) is 5.32 Å². The van der Waals surface area contributed by atoms with Crippen LogP contribution in [0.3, 0.4) is 0 Å². The number of hydrogen-bond donors (Lipinski definition) is 2. The maximum atomic E-state index is 12.3. The van der Waals surface area contributed by atoms with Crippen LogP contribution < -0.4 is 5.32 Å². The zero-order valence-electron chi connectivity index (χ0n) is 11.5. The summed E-state index contributed by atoms with van der Waals surface area (Å²) in [6, 6.07) is 0. The molecule has 1 aliphatic carbocycles. The Kier molecular flexibility index (Phi) is 3.97. The zero-order valence-corrected chi connectivity index (χ0v) is 11.5. The van der Waals surface area contributed by atoms with Gasteiger partial charge < -0.3 is 15.2 Å². The van der Waals surface area contributed by atoms with Gasteiger partial charge in [0.15, 0.2) is 0 Å². The molecule has 1 saturated carbocycles. The lowest BCUT2D eigenvalue weighted by Crippen LogP contribution is -2.50. The third-order valence-corrected chi connectivity index (χ3v) is 4.72. The molecule has 4 nitrogen and oxygen atoms in total. The first-order chi connectivity index (χ1) is 8.46. The Morgan fingerprint density at radius 2 is 2.00 bits per heavy atom. The van der Waals surface area contributed by atoms with Gasteiger partial charge in [0.25, 0.3) is 0 Å². The van der Waals surface area contributed by atoms with Crippen LogP contribution in [-0.4, -0.2) is 35.9 Å². The lowest BCUT2D eigenvalue weighted by atomic mass is 9.75. The molecule has 0 aromatic heterocycles. The molecule has 1 amide bonds. The molecule has 2 atom stereocenters. The number of nitrogens with one attached hydrogen (secondary N) is 1. The fourth-order valence-electron chi connectivity index (χ4n) is 3.01. The van der Waals surface area contributed by atoms with Gasteiger partial charge >= 0.3 is 0 Å². The van der Waals surface area contributed by atoms with Gasteiger partial charge in [0.1, 0.15) is 5.60 Å². The molecule has 4 heteroatoms. The summed E-state index contributed by atoms with van der Waals surface area (Å²) in [5.41, 5.74) is -1.13. The summed E-state index contributed by atoms with van der Waals surface area (Å²) in [6.07, 6.45) is 5.83. The number of aliphatic hydroxyl groups is 1. The second-order valence-electron chi connectivity index (χ2n) is 6.17. The molecule has 2 rings (SSSR count). The van der Waals surface area contributed by atoms with Crippen LogP contribution in [0.2, 0.25) is 0 Å². The first-order valence-corrected chi connectivity index (χ1v) is 7.09. The van der Waals surface area contributed by atoms with Crippen LogP contribution >= 0.6 is 0 Å². The van der Waals surface area contributed by atoms with Gasteiger partial charge in [0.2, 0.25) is 5.91 Å². The molecule has 1 aliphatic heterocycles. The van der Waals surface area contributed by atoms with E-state index >= 15 is 0 Å². The van der Waals surface area contributed by atoms with Gasteiger partial charge in [-0.25, -0.2) is 0 Å². The van der Waals surface area contributed by atoms with E-state index in [1.54, 1.807) is 0 Å². The third kappa shape index (κ3) is 2.69. The maximum Gasteiger partial charge on any atom is 0.226 e. The van der Waals surface area contributed by atoms with Crippen LogP contribution in [-0.2, 0) is 9.53 Å². The van der Waals surface area contributed by atoms with Crippen molar-refractivity contribution >= 4 is 5.91 Å². The second kappa shape index (κ2) is 5.17. The highest BCUT2D eigenvalue weighted by Crippen LogP contribution is 2.36. The van der Waals surface area contributed by atoms with Gasteiger partial charge in [-0.3, -0.25) is 4.79 Å². The highest BCUT2D eigenvalue weighted by Gasteiger charge is 2.41. The number of hydrogen-bond acceptors (Lipinski definition) is 3. The van der Waals surface area contributed by atoms with E-state index in [0.717, 1.165) is 25.7 Å². The van der Waals surface area contributed by atoms with Crippen LogP contribution in [0.15, 0.2) is 0 Å². The quantitative estimate of drug-likeness (QED) is 0.805.